The van der Waals surface area contributed by atoms with E-state index in [1.807, 2.05) is 30.4 Å². The molecule has 0 aliphatic rings. The first-order chi connectivity index (χ1) is 9.89. The van der Waals surface area contributed by atoms with Crippen molar-refractivity contribution in [3.8, 4) is 0 Å². The van der Waals surface area contributed by atoms with Gasteiger partial charge in [-0.25, -0.2) is 4.99 Å². The summed E-state index contributed by atoms with van der Waals surface area (Å²) in [6.45, 7) is 4.76. The van der Waals surface area contributed by atoms with Gasteiger partial charge in [-0.3, -0.25) is 4.98 Å². The molecule has 0 amide bonds. The van der Waals surface area contributed by atoms with Gasteiger partial charge >= 0.3 is 6.18 Å². The number of aryl methyl sites for hydroxylation is 1. The fourth-order valence-corrected chi connectivity index (χ4v) is 1.24. The van der Waals surface area contributed by atoms with E-state index in [9.17, 15) is 13.2 Å². The van der Waals surface area contributed by atoms with Gasteiger partial charge in [0, 0.05) is 18.1 Å². The Morgan fingerprint density at radius 2 is 2.14 bits per heavy atom. The van der Waals surface area contributed by atoms with E-state index < -0.39 is 11.9 Å². The molecule has 0 saturated heterocycles. The van der Waals surface area contributed by atoms with E-state index in [0.29, 0.717) is 0 Å². The Morgan fingerprint density at radius 1 is 1.38 bits per heavy atom. The average Bonchev–Trinajstić information content (AvgIpc) is 2.42. The predicted octanol–water partition coefficient (Wildman–Crippen LogP) is 3.70. The average molecular weight is 295 g/mol. The molecule has 0 fully saturated rings. The summed E-state index contributed by atoms with van der Waals surface area (Å²) in [6, 6.07) is 3.92. The number of hydrogen-bond acceptors (Lipinski definition) is 2. The fourth-order valence-electron chi connectivity index (χ4n) is 1.24. The third-order valence-corrected chi connectivity index (χ3v) is 2.40. The van der Waals surface area contributed by atoms with Crippen molar-refractivity contribution in [2.24, 2.45) is 4.99 Å². The minimum Gasteiger partial charge on any atom is -0.343 e. The maximum Gasteiger partial charge on any atom is 0.430 e. The second-order valence-electron chi connectivity index (χ2n) is 4.18. The first kappa shape index (κ1) is 16.7. The van der Waals surface area contributed by atoms with Gasteiger partial charge in [-0.05, 0) is 31.1 Å². The lowest BCUT2D eigenvalue weighted by molar-refractivity contribution is -0.0942. The Kier molecular flexibility index (Phi) is 6.39. The van der Waals surface area contributed by atoms with Gasteiger partial charge in [0.05, 0.1) is 6.34 Å². The molecule has 21 heavy (non-hydrogen) atoms. The smallest absolute Gasteiger partial charge is 0.343 e. The largest absolute Gasteiger partial charge is 0.430 e. The number of pyridine rings is 1. The standard InChI is InChI=1S/C15H16F3N3/c1-12-7-8-14(10-20-12)6-4-3-5-9-19-11-21-13(2)15(16,17)18/h3-5,7-11H,2,6H2,1H3,(H,19,21)/b4-3-,9-5-. The van der Waals surface area contributed by atoms with Gasteiger partial charge in [0.2, 0.25) is 0 Å². The molecule has 0 unspecified atom stereocenters. The van der Waals surface area contributed by atoms with E-state index in [2.05, 4.69) is 16.6 Å². The fraction of sp³-hybridized carbons (Fsp3) is 0.200. The second kappa shape index (κ2) is 8.04. The van der Waals surface area contributed by atoms with Crippen LogP contribution in [0.25, 0.3) is 0 Å². The van der Waals surface area contributed by atoms with Crippen molar-refractivity contribution < 1.29 is 13.2 Å². The van der Waals surface area contributed by atoms with Crippen LogP contribution in [-0.2, 0) is 6.42 Å². The van der Waals surface area contributed by atoms with Crippen LogP contribution in [0.1, 0.15) is 11.3 Å². The summed E-state index contributed by atoms with van der Waals surface area (Å²) in [5.74, 6) is 0. The first-order valence-corrected chi connectivity index (χ1v) is 6.17. The van der Waals surface area contributed by atoms with Crippen LogP contribution in [0.4, 0.5) is 13.2 Å². The lowest BCUT2D eigenvalue weighted by Gasteiger charge is -2.07. The number of rotatable bonds is 6. The first-order valence-electron chi connectivity index (χ1n) is 6.17. The van der Waals surface area contributed by atoms with Crippen molar-refractivity contribution in [2.45, 2.75) is 19.5 Å². The summed E-state index contributed by atoms with van der Waals surface area (Å²) in [5.41, 5.74) is 0.990. The normalized spacial score (nSPS) is 12.6. The molecule has 112 valence electrons. The summed E-state index contributed by atoms with van der Waals surface area (Å²) in [5, 5.41) is 1.95. The molecule has 3 nitrogen and oxygen atoms in total. The SMILES string of the molecule is C=C(NC=N/C=C\C=C/Cc1ccc(C)nc1)C(F)(F)F. The lowest BCUT2D eigenvalue weighted by atomic mass is 10.2. The number of hydrogen-bond donors (Lipinski definition) is 1. The van der Waals surface area contributed by atoms with Crippen molar-refractivity contribution in [2.75, 3.05) is 0 Å². The Labute approximate surface area is 121 Å². The molecule has 0 saturated carbocycles. The minimum atomic E-state index is -4.46. The van der Waals surface area contributed by atoms with Gasteiger partial charge < -0.3 is 5.32 Å². The highest BCUT2D eigenvalue weighted by atomic mass is 19.4. The van der Waals surface area contributed by atoms with E-state index >= 15 is 0 Å². The molecule has 0 bridgehead atoms. The third kappa shape index (κ3) is 7.10. The Hall–Kier alpha value is -2.37. The number of allylic oxidation sites excluding steroid dienone is 4. The Balaban J connectivity index is 2.30. The van der Waals surface area contributed by atoms with Crippen LogP contribution < -0.4 is 5.32 Å². The number of aliphatic imine (C=N–C) groups is 1. The number of aromatic nitrogens is 1. The van der Waals surface area contributed by atoms with Crippen LogP contribution in [0, 0.1) is 6.92 Å². The zero-order valence-corrected chi connectivity index (χ0v) is 11.6. The van der Waals surface area contributed by atoms with E-state index in [0.717, 1.165) is 24.0 Å². The van der Waals surface area contributed by atoms with Crippen LogP contribution in [0.15, 0.2) is 60.0 Å². The molecule has 6 heteroatoms. The van der Waals surface area contributed by atoms with Gasteiger partial charge in [0.1, 0.15) is 5.70 Å². The monoisotopic (exact) mass is 295 g/mol. The lowest BCUT2D eigenvalue weighted by Crippen LogP contribution is -2.23. The predicted molar refractivity (Wildman–Crippen MR) is 77.8 cm³/mol. The summed E-state index contributed by atoms with van der Waals surface area (Å²) in [4.78, 5) is 7.81. The third-order valence-electron chi connectivity index (χ3n) is 2.40. The zero-order valence-electron chi connectivity index (χ0n) is 11.6. The van der Waals surface area contributed by atoms with Gasteiger partial charge in [-0.1, -0.05) is 24.8 Å². The van der Waals surface area contributed by atoms with Crippen LogP contribution >= 0.6 is 0 Å². The summed E-state index contributed by atoms with van der Waals surface area (Å²) < 4.78 is 36.2. The minimum absolute atomic E-state index is 0.727. The molecule has 0 atom stereocenters. The van der Waals surface area contributed by atoms with Crippen molar-refractivity contribution >= 4 is 6.34 Å². The molecule has 0 spiro atoms. The molecule has 0 aromatic carbocycles. The van der Waals surface area contributed by atoms with Crippen molar-refractivity contribution in [1.29, 1.82) is 0 Å². The quantitative estimate of drug-likeness (QED) is 0.493. The summed E-state index contributed by atoms with van der Waals surface area (Å²) >= 11 is 0. The van der Waals surface area contributed by atoms with Crippen molar-refractivity contribution in [3.05, 3.63) is 66.3 Å². The highest BCUT2D eigenvalue weighted by Crippen LogP contribution is 2.20. The second-order valence-corrected chi connectivity index (χ2v) is 4.18. The zero-order chi connectivity index (χ0) is 15.7. The van der Waals surface area contributed by atoms with Crippen molar-refractivity contribution in [1.82, 2.24) is 10.3 Å². The number of halogens is 3. The van der Waals surface area contributed by atoms with Gasteiger partial charge in [0.25, 0.3) is 0 Å². The number of alkyl halides is 3. The van der Waals surface area contributed by atoms with Crippen molar-refractivity contribution in [3.63, 3.8) is 0 Å². The van der Waals surface area contributed by atoms with Gasteiger partial charge in [0.15, 0.2) is 0 Å². The molecule has 1 heterocycles. The topological polar surface area (TPSA) is 37.3 Å². The molecule has 1 N–H and O–H groups in total. The number of nitrogens with zero attached hydrogens (tertiary/aromatic N) is 2. The summed E-state index contributed by atoms with van der Waals surface area (Å²) in [6.07, 6.45) is 5.66. The van der Waals surface area contributed by atoms with Crippen LogP contribution in [0.3, 0.4) is 0 Å². The highest BCUT2D eigenvalue weighted by molar-refractivity contribution is 5.58. The van der Waals surface area contributed by atoms with E-state index in [-0.39, 0.29) is 0 Å². The number of nitrogens with one attached hydrogen (secondary N) is 1. The Bertz CT molecular complexity index is 540. The van der Waals surface area contributed by atoms with Crippen LogP contribution in [0.5, 0.6) is 0 Å². The van der Waals surface area contributed by atoms with Gasteiger partial charge in [-0.15, -0.1) is 0 Å². The van der Waals surface area contributed by atoms with E-state index in [1.54, 1.807) is 18.3 Å². The Morgan fingerprint density at radius 3 is 2.76 bits per heavy atom. The maximum atomic E-state index is 12.1. The van der Waals surface area contributed by atoms with Crippen LogP contribution in [0.2, 0.25) is 0 Å². The molecule has 0 aliphatic heterocycles. The molecular weight excluding hydrogens is 279 g/mol. The molecule has 0 aliphatic carbocycles. The molecule has 0 radical (unpaired) electrons. The summed E-state index contributed by atoms with van der Waals surface area (Å²) in [7, 11) is 0. The molecule has 1 rings (SSSR count). The highest BCUT2D eigenvalue weighted by Gasteiger charge is 2.31. The van der Waals surface area contributed by atoms with Crippen LogP contribution in [-0.4, -0.2) is 17.5 Å². The van der Waals surface area contributed by atoms with E-state index in [1.165, 1.54) is 6.20 Å². The molecule has 1 aromatic rings. The molecule has 1 aromatic heterocycles. The molecular formula is C15H16F3N3. The van der Waals surface area contributed by atoms with E-state index in [4.69, 9.17) is 0 Å². The maximum absolute atomic E-state index is 12.1. The van der Waals surface area contributed by atoms with Gasteiger partial charge in [-0.2, -0.15) is 13.2 Å².